The molecule has 24 heavy (non-hydrogen) atoms. The molecule has 6 heteroatoms. The van der Waals surface area contributed by atoms with Crippen LogP contribution in [0.2, 0.25) is 0 Å². The molecule has 0 saturated carbocycles. The summed E-state index contributed by atoms with van der Waals surface area (Å²) in [4.78, 5) is 24.4. The lowest BCUT2D eigenvalue weighted by Crippen LogP contribution is -2.47. The quantitative estimate of drug-likeness (QED) is 0.884. The van der Waals surface area contributed by atoms with Crippen molar-refractivity contribution in [3.8, 4) is 0 Å². The van der Waals surface area contributed by atoms with E-state index < -0.39 is 0 Å². The van der Waals surface area contributed by atoms with Crippen molar-refractivity contribution in [2.45, 2.75) is 38.4 Å². The molecule has 2 atom stereocenters. The van der Waals surface area contributed by atoms with Gasteiger partial charge in [-0.15, -0.1) is 0 Å². The molecule has 1 aliphatic heterocycles. The van der Waals surface area contributed by atoms with Gasteiger partial charge in [0.15, 0.2) is 0 Å². The summed E-state index contributed by atoms with van der Waals surface area (Å²) in [5.41, 5.74) is 1.03. The minimum absolute atomic E-state index is 0.144. The van der Waals surface area contributed by atoms with E-state index >= 15 is 0 Å². The number of rotatable bonds is 4. The maximum Gasteiger partial charge on any atom is 0.271 e. The first-order chi connectivity index (χ1) is 11.6. The molecule has 0 bridgehead atoms. The Balaban J connectivity index is 1.73. The minimum Gasteiger partial charge on any atom is -0.348 e. The number of hydrogen-bond donors (Lipinski definition) is 2. The van der Waals surface area contributed by atoms with E-state index in [4.69, 9.17) is 0 Å². The summed E-state index contributed by atoms with van der Waals surface area (Å²) in [5.74, 6) is -0.226. The third-order valence-electron chi connectivity index (χ3n) is 4.23. The lowest BCUT2D eigenvalue weighted by atomic mass is 10.0. The van der Waals surface area contributed by atoms with E-state index in [-0.39, 0.29) is 23.2 Å². The van der Waals surface area contributed by atoms with Crippen LogP contribution in [0.1, 0.15) is 35.8 Å². The number of piperidine rings is 1. The minimum atomic E-state index is -0.226. The normalized spacial score (nSPS) is 20.5. The van der Waals surface area contributed by atoms with Crippen LogP contribution >= 0.6 is 0 Å². The average Bonchev–Trinajstić information content (AvgIpc) is 2.58. The number of hydrogen-bond acceptors (Lipinski definition) is 4. The zero-order valence-electron chi connectivity index (χ0n) is 13.7. The molecule has 6 nitrogen and oxygen atoms in total. The van der Waals surface area contributed by atoms with Crippen molar-refractivity contribution in [1.29, 1.82) is 0 Å². The van der Waals surface area contributed by atoms with Gasteiger partial charge in [0.2, 0.25) is 0 Å². The summed E-state index contributed by atoms with van der Waals surface area (Å²) in [5, 5.41) is 10.6. The zero-order valence-corrected chi connectivity index (χ0v) is 13.7. The van der Waals surface area contributed by atoms with Crippen LogP contribution in [0.3, 0.4) is 0 Å². The first-order valence-corrected chi connectivity index (χ1v) is 8.28. The Bertz CT molecular complexity index is 757. The number of carbonyl (C=O) groups is 1. The first-order valence-electron chi connectivity index (χ1n) is 8.28. The maximum atomic E-state index is 12.4. The van der Waals surface area contributed by atoms with Crippen LogP contribution in [0, 0.1) is 0 Å². The Morgan fingerprint density at radius 2 is 2.08 bits per heavy atom. The van der Waals surface area contributed by atoms with Crippen molar-refractivity contribution in [3.05, 3.63) is 64.1 Å². The largest absolute Gasteiger partial charge is 0.348 e. The molecule has 0 radical (unpaired) electrons. The van der Waals surface area contributed by atoms with E-state index in [1.54, 1.807) is 0 Å². The van der Waals surface area contributed by atoms with Crippen LogP contribution in [0.4, 0.5) is 0 Å². The van der Waals surface area contributed by atoms with E-state index in [0.717, 1.165) is 24.9 Å². The summed E-state index contributed by atoms with van der Waals surface area (Å²) in [6.07, 6.45) is 1.80. The molecule has 1 saturated heterocycles. The summed E-state index contributed by atoms with van der Waals surface area (Å²) in [6, 6.07) is 13.0. The van der Waals surface area contributed by atoms with E-state index in [9.17, 15) is 9.59 Å². The van der Waals surface area contributed by atoms with Crippen molar-refractivity contribution in [3.63, 3.8) is 0 Å². The van der Waals surface area contributed by atoms with Gasteiger partial charge in [0.05, 0.1) is 6.54 Å². The van der Waals surface area contributed by atoms with Crippen molar-refractivity contribution in [1.82, 2.24) is 20.4 Å². The smallest absolute Gasteiger partial charge is 0.271 e. The van der Waals surface area contributed by atoms with Gasteiger partial charge >= 0.3 is 0 Å². The van der Waals surface area contributed by atoms with Gasteiger partial charge in [-0.3, -0.25) is 9.59 Å². The fourth-order valence-electron chi connectivity index (χ4n) is 2.96. The van der Waals surface area contributed by atoms with Gasteiger partial charge in [0, 0.05) is 18.2 Å². The molecule has 1 amide bonds. The Morgan fingerprint density at radius 3 is 2.83 bits per heavy atom. The van der Waals surface area contributed by atoms with Gasteiger partial charge in [-0.05, 0) is 37.9 Å². The molecule has 2 aromatic rings. The number of nitrogens with one attached hydrogen (secondary N) is 2. The molecule has 2 heterocycles. The van der Waals surface area contributed by atoms with E-state index in [1.165, 1.54) is 16.8 Å². The van der Waals surface area contributed by atoms with Gasteiger partial charge in [0.25, 0.3) is 11.5 Å². The van der Waals surface area contributed by atoms with Gasteiger partial charge in [-0.25, -0.2) is 4.68 Å². The van der Waals surface area contributed by atoms with Crippen LogP contribution in [0.25, 0.3) is 0 Å². The maximum absolute atomic E-state index is 12.4. The van der Waals surface area contributed by atoms with Gasteiger partial charge in [0.1, 0.15) is 5.69 Å². The lowest BCUT2D eigenvalue weighted by Gasteiger charge is -2.28. The molecule has 1 aliphatic rings. The molecule has 126 valence electrons. The molecule has 2 unspecified atom stereocenters. The summed E-state index contributed by atoms with van der Waals surface area (Å²) in [6.45, 7) is 3.36. The Kier molecular flexibility index (Phi) is 5.05. The third kappa shape index (κ3) is 4.08. The Hall–Kier alpha value is -2.47. The van der Waals surface area contributed by atoms with E-state index in [1.807, 2.05) is 30.3 Å². The lowest BCUT2D eigenvalue weighted by molar-refractivity contribution is 0.0918. The Labute approximate surface area is 140 Å². The molecular weight excluding hydrogens is 304 g/mol. The average molecular weight is 326 g/mol. The number of nitrogens with zero attached hydrogens (tertiary/aromatic N) is 2. The highest BCUT2D eigenvalue weighted by Gasteiger charge is 2.21. The van der Waals surface area contributed by atoms with E-state index in [0.29, 0.717) is 12.6 Å². The highest BCUT2D eigenvalue weighted by Crippen LogP contribution is 2.09. The van der Waals surface area contributed by atoms with Crippen molar-refractivity contribution >= 4 is 5.91 Å². The van der Waals surface area contributed by atoms with Crippen LogP contribution in [0.15, 0.2) is 47.3 Å². The predicted molar refractivity (Wildman–Crippen MR) is 92.0 cm³/mol. The van der Waals surface area contributed by atoms with Crippen molar-refractivity contribution in [2.75, 3.05) is 6.54 Å². The monoisotopic (exact) mass is 326 g/mol. The number of amides is 1. The van der Waals surface area contributed by atoms with E-state index in [2.05, 4.69) is 22.7 Å². The third-order valence-corrected chi connectivity index (χ3v) is 4.23. The SMILES string of the molecule is CC1CC(NC(=O)c2ccc(=O)n(Cc3ccccc3)n2)CCN1. The van der Waals surface area contributed by atoms with Crippen LogP contribution in [-0.2, 0) is 6.54 Å². The van der Waals surface area contributed by atoms with Crippen molar-refractivity contribution in [2.24, 2.45) is 0 Å². The van der Waals surface area contributed by atoms with Crippen LogP contribution < -0.4 is 16.2 Å². The molecule has 1 fully saturated rings. The predicted octanol–water partition coefficient (Wildman–Crippen LogP) is 1.16. The molecule has 1 aromatic heterocycles. The molecular formula is C18H22N4O2. The topological polar surface area (TPSA) is 76.0 Å². The second-order valence-electron chi connectivity index (χ2n) is 6.25. The van der Waals surface area contributed by atoms with Gasteiger partial charge < -0.3 is 10.6 Å². The van der Waals surface area contributed by atoms with Gasteiger partial charge in [-0.2, -0.15) is 5.10 Å². The summed E-state index contributed by atoms with van der Waals surface area (Å²) in [7, 11) is 0. The van der Waals surface area contributed by atoms with Crippen LogP contribution in [0.5, 0.6) is 0 Å². The highest BCUT2D eigenvalue weighted by atomic mass is 16.2. The first kappa shape index (κ1) is 16.4. The highest BCUT2D eigenvalue weighted by molar-refractivity contribution is 5.92. The van der Waals surface area contributed by atoms with Crippen LogP contribution in [-0.4, -0.2) is 34.3 Å². The molecule has 0 spiro atoms. The second kappa shape index (κ2) is 7.40. The number of aromatic nitrogens is 2. The second-order valence-corrected chi connectivity index (χ2v) is 6.25. The molecule has 1 aromatic carbocycles. The fourth-order valence-corrected chi connectivity index (χ4v) is 2.96. The van der Waals surface area contributed by atoms with Gasteiger partial charge in [-0.1, -0.05) is 30.3 Å². The molecule has 2 N–H and O–H groups in total. The fraction of sp³-hybridized carbons (Fsp3) is 0.389. The molecule has 3 rings (SSSR count). The Morgan fingerprint density at radius 1 is 1.29 bits per heavy atom. The number of carbonyl (C=O) groups excluding carboxylic acids is 1. The summed E-state index contributed by atoms with van der Waals surface area (Å²) < 4.78 is 1.33. The summed E-state index contributed by atoms with van der Waals surface area (Å²) >= 11 is 0. The number of benzene rings is 1. The molecule has 0 aliphatic carbocycles. The van der Waals surface area contributed by atoms with Crippen molar-refractivity contribution < 1.29 is 4.79 Å². The standard InChI is InChI=1S/C18H22N4O2/c1-13-11-15(9-10-19-13)20-18(24)16-7-8-17(23)22(21-16)12-14-5-3-2-4-6-14/h2-8,13,15,19H,9-12H2,1H3,(H,20,24). The zero-order chi connectivity index (χ0) is 16.9.